The topological polar surface area (TPSA) is 78.7 Å². The molecule has 18 heavy (non-hydrogen) atoms. The molecule has 6 nitrogen and oxygen atoms in total. The van der Waals surface area contributed by atoms with Gasteiger partial charge in [-0.1, -0.05) is 0 Å². The third-order valence-electron chi connectivity index (χ3n) is 2.98. The summed E-state index contributed by atoms with van der Waals surface area (Å²) in [4.78, 5) is 2.30. The Bertz CT molecular complexity index is 324. The summed E-state index contributed by atoms with van der Waals surface area (Å²) in [5.74, 6) is 0. The van der Waals surface area contributed by atoms with Crippen molar-refractivity contribution in [3.05, 3.63) is 0 Å². The predicted octanol–water partition coefficient (Wildman–Crippen LogP) is -0.414. The average molecular weight is 278 g/mol. The standard InChI is InChI=1S/C11H26N4O2S/c1-11(2)13-18(16,17)15-9-7-14(8-10-15)6-4-3-5-12/h11,13H,3-10,12H2,1-2H3. The predicted molar refractivity (Wildman–Crippen MR) is 73.5 cm³/mol. The number of hydrogen-bond donors (Lipinski definition) is 2. The van der Waals surface area contributed by atoms with Crippen molar-refractivity contribution < 1.29 is 8.42 Å². The van der Waals surface area contributed by atoms with E-state index in [1.165, 1.54) is 4.31 Å². The molecule has 1 heterocycles. The summed E-state index contributed by atoms with van der Waals surface area (Å²) in [6, 6.07) is -0.0578. The molecule has 1 aliphatic heterocycles. The highest BCUT2D eigenvalue weighted by Gasteiger charge is 2.26. The van der Waals surface area contributed by atoms with Crippen LogP contribution in [-0.4, -0.2) is 62.9 Å². The van der Waals surface area contributed by atoms with Crippen molar-refractivity contribution in [2.75, 3.05) is 39.3 Å². The van der Waals surface area contributed by atoms with Crippen LogP contribution in [0.15, 0.2) is 0 Å². The molecular formula is C11H26N4O2S. The zero-order valence-electron chi connectivity index (χ0n) is 11.4. The molecule has 0 bridgehead atoms. The lowest BCUT2D eigenvalue weighted by atomic mass is 10.2. The van der Waals surface area contributed by atoms with E-state index in [9.17, 15) is 8.42 Å². The van der Waals surface area contributed by atoms with Crippen LogP contribution in [0.2, 0.25) is 0 Å². The summed E-state index contributed by atoms with van der Waals surface area (Å²) in [6.07, 6.45) is 2.13. The smallest absolute Gasteiger partial charge is 0.279 e. The van der Waals surface area contributed by atoms with E-state index >= 15 is 0 Å². The van der Waals surface area contributed by atoms with Gasteiger partial charge in [0.25, 0.3) is 10.2 Å². The van der Waals surface area contributed by atoms with Crippen LogP contribution >= 0.6 is 0 Å². The molecule has 3 N–H and O–H groups in total. The number of piperazine rings is 1. The van der Waals surface area contributed by atoms with Gasteiger partial charge in [-0.3, -0.25) is 0 Å². The fraction of sp³-hybridized carbons (Fsp3) is 1.00. The minimum atomic E-state index is -3.29. The Hall–Kier alpha value is -0.210. The van der Waals surface area contributed by atoms with Gasteiger partial charge in [-0.25, -0.2) is 0 Å². The van der Waals surface area contributed by atoms with E-state index in [2.05, 4.69) is 9.62 Å². The molecule has 0 spiro atoms. The van der Waals surface area contributed by atoms with E-state index in [4.69, 9.17) is 5.73 Å². The number of nitrogens with one attached hydrogen (secondary N) is 1. The van der Waals surface area contributed by atoms with E-state index in [0.717, 1.165) is 39.0 Å². The lowest BCUT2D eigenvalue weighted by molar-refractivity contribution is 0.184. The Morgan fingerprint density at radius 2 is 1.78 bits per heavy atom. The first kappa shape index (κ1) is 15.8. The maximum atomic E-state index is 11.9. The second-order valence-electron chi connectivity index (χ2n) is 5.01. The quantitative estimate of drug-likeness (QED) is 0.620. The minimum Gasteiger partial charge on any atom is -0.330 e. The largest absolute Gasteiger partial charge is 0.330 e. The van der Waals surface area contributed by atoms with Crippen LogP contribution in [0.25, 0.3) is 0 Å². The van der Waals surface area contributed by atoms with Crippen molar-refractivity contribution in [1.29, 1.82) is 0 Å². The number of nitrogens with two attached hydrogens (primary N) is 1. The van der Waals surface area contributed by atoms with Crippen LogP contribution in [-0.2, 0) is 10.2 Å². The van der Waals surface area contributed by atoms with Gasteiger partial charge in [-0.15, -0.1) is 0 Å². The maximum absolute atomic E-state index is 11.9. The molecule has 1 rings (SSSR count). The summed E-state index contributed by atoms with van der Waals surface area (Å²) < 4.78 is 28.0. The fourth-order valence-electron chi connectivity index (χ4n) is 2.05. The van der Waals surface area contributed by atoms with Crippen LogP contribution in [0.3, 0.4) is 0 Å². The third kappa shape index (κ3) is 5.19. The van der Waals surface area contributed by atoms with Gasteiger partial charge in [0.1, 0.15) is 0 Å². The van der Waals surface area contributed by atoms with Gasteiger partial charge >= 0.3 is 0 Å². The van der Waals surface area contributed by atoms with Gasteiger partial charge in [0.05, 0.1) is 0 Å². The number of rotatable bonds is 7. The van der Waals surface area contributed by atoms with E-state index in [0.29, 0.717) is 13.1 Å². The molecule has 1 saturated heterocycles. The molecule has 0 aliphatic carbocycles. The Kier molecular flexibility index (Phi) is 6.51. The van der Waals surface area contributed by atoms with Gasteiger partial charge in [-0.2, -0.15) is 17.4 Å². The van der Waals surface area contributed by atoms with Crippen molar-refractivity contribution in [2.24, 2.45) is 5.73 Å². The van der Waals surface area contributed by atoms with Crippen LogP contribution in [0, 0.1) is 0 Å². The molecule has 108 valence electrons. The Morgan fingerprint density at radius 3 is 2.28 bits per heavy atom. The Balaban J connectivity index is 2.34. The second kappa shape index (κ2) is 7.40. The Labute approximate surface area is 111 Å². The van der Waals surface area contributed by atoms with E-state index in [1.807, 2.05) is 13.8 Å². The SMILES string of the molecule is CC(C)NS(=O)(=O)N1CCN(CCCCN)CC1. The molecule has 0 saturated carbocycles. The molecule has 1 aliphatic rings. The molecule has 0 unspecified atom stereocenters. The molecule has 0 radical (unpaired) electrons. The molecule has 7 heteroatoms. The molecule has 0 aromatic heterocycles. The fourth-order valence-corrected chi connectivity index (χ4v) is 3.43. The molecule has 0 aromatic carbocycles. The second-order valence-corrected chi connectivity index (χ2v) is 6.72. The summed E-state index contributed by atoms with van der Waals surface area (Å²) in [5.41, 5.74) is 5.46. The third-order valence-corrected chi connectivity index (χ3v) is 4.80. The van der Waals surface area contributed by atoms with E-state index in [-0.39, 0.29) is 6.04 Å². The molecular weight excluding hydrogens is 252 g/mol. The van der Waals surface area contributed by atoms with E-state index in [1.54, 1.807) is 0 Å². The van der Waals surface area contributed by atoms with Gasteiger partial charge < -0.3 is 10.6 Å². The summed E-state index contributed by atoms with van der Waals surface area (Å²) in [6.45, 7) is 8.18. The van der Waals surface area contributed by atoms with Crippen LogP contribution in [0.4, 0.5) is 0 Å². The summed E-state index contributed by atoms with van der Waals surface area (Å²) in [5, 5.41) is 0. The highest BCUT2D eigenvalue weighted by atomic mass is 32.2. The summed E-state index contributed by atoms with van der Waals surface area (Å²) in [7, 11) is -3.29. The Morgan fingerprint density at radius 1 is 1.17 bits per heavy atom. The van der Waals surface area contributed by atoms with Crippen molar-refractivity contribution >= 4 is 10.2 Å². The first-order valence-corrected chi connectivity index (χ1v) is 8.09. The lowest BCUT2D eigenvalue weighted by Crippen LogP contribution is -2.53. The van der Waals surface area contributed by atoms with Crippen molar-refractivity contribution in [3.63, 3.8) is 0 Å². The van der Waals surface area contributed by atoms with Gasteiger partial charge in [0.15, 0.2) is 0 Å². The van der Waals surface area contributed by atoms with Gasteiger partial charge in [-0.05, 0) is 39.8 Å². The van der Waals surface area contributed by atoms with Crippen molar-refractivity contribution in [2.45, 2.75) is 32.7 Å². The lowest BCUT2D eigenvalue weighted by Gasteiger charge is -2.34. The molecule has 1 fully saturated rings. The zero-order valence-corrected chi connectivity index (χ0v) is 12.2. The normalized spacial score (nSPS) is 19.6. The van der Waals surface area contributed by atoms with Gasteiger partial charge in [0.2, 0.25) is 0 Å². The average Bonchev–Trinajstić information content (AvgIpc) is 2.28. The minimum absolute atomic E-state index is 0.0578. The van der Waals surface area contributed by atoms with Crippen molar-refractivity contribution in [3.8, 4) is 0 Å². The molecule has 0 aromatic rings. The summed E-state index contributed by atoms with van der Waals surface area (Å²) >= 11 is 0. The highest BCUT2D eigenvalue weighted by molar-refractivity contribution is 7.87. The van der Waals surface area contributed by atoms with Gasteiger partial charge in [0, 0.05) is 32.2 Å². The number of nitrogens with zero attached hydrogens (tertiary/aromatic N) is 2. The van der Waals surface area contributed by atoms with Crippen molar-refractivity contribution in [1.82, 2.24) is 13.9 Å². The first-order valence-electron chi connectivity index (χ1n) is 6.65. The first-order chi connectivity index (χ1) is 8.45. The number of unbranched alkanes of at least 4 members (excludes halogenated alkanes) is 1. The van der Waals surface area contributed by atoms with Crippen LogP contribution < -0.4 is 10.5 Å². The van der Waals surface area contributed by atoms with Crippen LogP contribution in [0.1, 0.15) is 26.7 Å². The van der Waals surface area contributed by atoms with E-state index < -0.39 is 10.2 Å². The highest BCUT2D eigenvalue weighted by Crippen LogP contribution is 2.07. The molecule has 0 amide bonds. The maximum Gasteiger partial charge on any atom is 0.279 e. The monoisotopic (exact) mass is 278 g/mol. The zero-order chi connectivity index (χ0) is 13.6. The molecule has 0 atom stereocenters. The van der Waals surface area contributed by atoms with Crippen LogP contribution in [0.5, 0.6) is 0 Å². The number of hydrogen-bond acceptors (Lipinski definition) is 4.